The van der Waals surface area contributed by atoms with Crippen LogP contribution in [0.5, 0.6) is 0 Å². The van der Waals surface area contributed by atoms with Crippen molar-refractivity contribution in [1.29, 1.82) is 0 Å². The topological polar surface area (TPSA) is 43.9 Å². The molecule has 5 nitrogen and oxygen atoms in total. The van der Waals surface area contributed by atoms with Crippen LogP contribution < -0.4 is 0 Å². The number of allylic oxidation sites excluding steroid dienone is 1. The van der Waals surface area contributed by atoms with Crippen LogP contribution in [0.3, 0.4) is 0 Å². The van der Waals surface area contributed by atoms with Crippen LogP contribution in [0.25, 0.3) is 0 Å². The Morgan fingerprint density at radius 1 is 0.870 bits per heavy atom. The highest BCUT2D eigenvalue weighted by Gasteiger charge is 2.22. The number of rotatable bonds is 10. The van der Waals surface area contributed by atoms with Crippen LogP contribution in [0, 0.1) is 0 Å². The van der Waals surface area contributed by atoms with E-state index in [2.05, 4.69) is 11.5 Å². The van der Waals surface area contributed by atoms with Crippen molar-refractivity contribution in [1.82, 2.24) is 14.7 Å². The summed E-state index contributed by atoms with van der Waals surface area (Å²) in [6, 6.07) is 0. The maximum Gasteiger partial charge on any atom is 0.256 e. The molecule has 0 N–H and O–H groups in total. The van der Waals surface area contributed by atoms with Gasteiger partial charge in [-0.1, -0.05) is 12.7 Å². The molecule has 0 spiro atoms. The highest BCUT2D eigenvalue weighted by atomic mass is 16.2. The quantitative estimate of drug-likeness (QED) is 0.456. The van der Waals surface area contributed by atoms with Crippen molar-refractivity contribution >= 4 is 11.8 Å². The van der Waals surface area contributed by atoms with Crippen LogP contribution in [0.15, 0.2) is 23.8 Å². The Hall–Kier alpha value is -1.46. The minimum Gasteiger partial charge on any atom is -0.309 e. The standard InChI is InChI=1S/C18H33N3O2/c1-15(2)17(22)21(14-10-13-20(6)7)18(23)16(3)11-8-9-12-19(4)5/h11H,1,8-10,12-14H2,2-7H3. The lowest BCUT2D eigenvalue weighted by atomic mass is 10.1. The third-order valence-corrected chi connectivity index (χ3v) is 3.44. The molecule has 0 fully saturated rings. The van der Waals surface area contributed by atoms with E-state index in [1.807, 2.05) is 39.2 Å². The first kappa shape index (κ1) is 21.5. The summed E-state index contributed by atoms with van der Waals surface area (Å²) in [6.07, 6.45) is 4.51. The highest BCUT2D eigenvalue weighted by Crippen LogP contribution is 2.09. The van der Waals surface area contributed by atoms with Gasteiger partial charge in [-0.15, -0.1) is 0 Å². The van der Waals surface area contributed by atoms with Gasteiger partial charge in [-0.25, -0.2) is 0 Å². The number of carbonyl (C=O) groups is 2. The average Bonchev–Trinajstić information content (AvgIpc) is 2.46. The van der Waals surface area contributed by atoms with Crippen LogP contribution in [-0.2, 0) is 9.59 Å². The second kappa shape index (κ2) is 11.1. The molecule has 0 unspecified atom stereocenters. The van der Waals surface area contributed by atoms with E-state index in [0.29, 0.717) is 17.7 Å². The van der Waals surface area contributed by atoms with Crippen molar-refractivity contribution in [3.8, 4) is 0 Å². The van der Waals surface area contributed by atoms with Crippen LogP contribution in [0.2, 0.25) is 0 Å². The summed E-state index contributed by atoms with van der Waals surface area (Å²) in [4.78, 5) is 30.3. The zero-order valence-electron chi connectivity index (χ0n) is 15.7. The first-order valence-electron chi connectivity index (χ1n) is 8.14. The summed E-state index contributed by atoms with van der Waals surface area (Å²) in [5.74, 6) is -0.489. The lowest BCUT2D eigenvalue weighted by Gasteiger charge is -2.22. The van der Waals surface area contributed by atoms with Gasteiger partial charge in [0.15, 0.2) is 0 Å². The van der Waals surface area contributed by atoms with Crippen molar-refractivity contribution in [2.75, 3.05) is 47.8 Å². The molecule has 0 aliphatic rings. The SMILES string of the molecule is C=C(C)C(=O)N(CCCN(C)C)C(=O)C(C)=CCCCN(C)C. The summed E-state index contributed by atoms with van der Waals surface area (Å²) in [5.41, 5.74) is 1.02. The van der Waals surface area contributed by atoms with Crippen LogP contribution in [0.4, 0.5) is 0 Å². The molecular formula is C18H33N3O2. The van der Waals surface area contributed by atoms with E-state index in [0.717, 1.165) is 32.4 Å². The minimum absolute atomic E-state index is 0.207. The molecule has 0 bridgehead atoms. The van der Waals surface area contributed by atoms with Gasteiger partial charge < -0.3 is 9.80 Å². The lowest BCUT2D eigenvalue weighted by Crippen LogP contribution is -2.39. The van der Waals surface area contributed by atoms with Gasteiger partial charge >= 0.3 is 0 Å². The average molecular weight is 323 g/mol. The van der Waals surface area contributed by atoms with E-state index in [9.17, 15) is 9.59 Å². The summed E-state index contributed by atoms with van der Waals surface area (Å²) < 4.78 is 0. The van der Waals surface area contributed by atoms with E-state index >= 15 is 0 Å². The molecule has 0 aromatic heterocycles. The molecule has 23 heavy (non-hydrogen) atoms. The molecule has 132 valence electrons. The third kappa shape index (κ3) is 9.31. The molecule has 0 atom stereocenters. The van der Waals surface area contributed by atoms with Crippen molar-refractivity contribution in [3.05, 3.63) is 23.8 Å². The van der Waals surface area contributed by atoms with Crippen molar-refractivity contribution in [3.63, 3.8) is 0 Å². The fraction of sp³-hybridized carbons (Fsp3) is 0.667. The molecule has 2 amide bonds. The molecule has 5 heteroatoms. The smallest absolute Gasteiger partial charge is 0.256 e. The Kier molecular flexibility index (Phi) is 10.4. The molecule has 0 heterocycles. The maximum absolute atomic E-state index is 12.6. The number of unbranched alkanes of at least 4 members (excludes halogenated alkanes) is 1. The van der Waals surface area contributed by atoms with Gasteiger partial charge in [0.2, 0.25) is 0 Å². The second-order valence-electron chi connectivity index (χ2n) is 6.53. The Labute approximate surface area is 141 Å². The van der Waals surface area contributed by atoms with Gasteiger partial charge in [0, 0.05) is 17.7 Å². The summed E-state index contributed by atoms with van der Waals surface area (Å²) in [6.45, 7) is 9.34. The zero-order chi connectivity index (χ0) is 18.0. The molecule has 0 aromatic carbocycles. The lowest BCUT2D eigenvalue weighted by molar-refractivity contribution is -0.140. The maximum atomic E-state index is 12.6. The molecule has 0 aromatic rings. The van der Waals surface area contributed by atoms with Gasteiger partial charge in [0.25, 0.3) is 11.8 Å². The molecule has 0 saturated carbocycles. The van der Waals surface area contributed by atoms with Gasteiger partial charge in [0.05, 0.1) is 0 Å². The number of hydrogen-bond donors (Lipinski definition) is 0. The van der Waals surface area contributed by atoms with Gasteiger partial charge in [-0.2, -0.15) is 0 Å². The summed E-state index contributed by atoms with van der Waals surface area (Å²) in [7, 11) is 8.00. The van der Waals surface area contributed by atoms with Gasteiger partial charge in [-0.05, 0) is 74.4 Å². The largest absolute Gasteiger partial charge is 0.309 e. The molecule has 0 aliphatic carbocycles. The second-order valence-corrected chi connectivity index (χ2v) is 6.53. The van der Waals surface area contributed by atoms with Crippen LogP contribution in [0.1, 0.15) is 33.1 Å². The normalized spacial score (nSPS) is 11.9. The first-order chi connectivity index (χ1) is 10.7. The Morgan fingerprint density at radius 2 is 1.39 bits per heavy atom. The molecule has 0 rings (SSSR count). The van der Waals surface area contributed by atoms with E-state index in [-0.39, 0.29) is 11.8 Å². The van der Waals surface area contributed by atoms with Crippen LogP contribution >= 0.6 is 0 Å². The fourth-order valence-corrected chi connectivity index (χ4v) is 2.10. The highest BCUT2D eigenvalue weighted by molar-refractivity contribution is 6.09. The molecular weight excluding hydrogens is 290 g/mol. The van der Waals surface area contributed by atoms with Crippen molar-refractivity contribution in [2.45, 2.75) is 33.1 Å². The summed E-state index contributed by atoms with van der Waals surface area (Å²) in [5, 5.41) is 0. The van der Waals surface area contributed by atoms with Gasteiger partial charge in [-0.3, -0.25) is 14.5 Å². The monoisotopic (exact) mass is 323 g/mol. The Morgan fingerprint density at radius 3 is 1.87 bits per heavy atom. The fourth-order valence-electron chi connectivity index (χ4n) is 2.10. The number of carbonyl (C=O) groups excluding carboxylic acids is 2. The van der Waals surface area contributed by atoms with Crippen molar-refractivity contribution in [2.24, 2.45) is 0 Å². The number of hydrogen-bond acceptors (Lipinski definition) is 4. The van der Waals surface area contributed by atoms with E-state index in [1.54, 1.807) is 13.8 Å². The zero-order valence-corrected chi connectivity index (χ0v) is 15.7. The van der Waals surface area contributed by atoms with E-state index in [1.165, 1.54) is 4.90 Å². The van der Waals surface area contributed by atoms with Gasteiger partial charge in [0.1, 0.15) is 0 Å². The van der Waals surface area contributed by atoms with E-state index < -0.39 is 0 Å². The molecule has 0 saturated heterocycles. The summed E-state index contributed by atoms with van der Waals surface area (Å²) >= 11 is 0. The first-order valence-corrected chi connectivity index (χ1v) is 8.14. The van der Waals surface area contributed by atoms with Crippen molar-refractivity contribution < 1.29 is 9.59 Å². The predicted molar refractivity (Wildman–Crippen MR) is 96.3 cm³/mol. The minimum atomic E-state index is -0.283. The number of imide groups is 1. The Balaban J connectivity index is 4.79. The van der Waals surface area contributed by atoms with E-state index in [4.69, 9.17) is 0 Å². The van der Waals surface area contributed by atoms with Crippen LogP contribution in [-0.4, -0.2) is 74.3 Å². The predicted octanol–water partition coefficient (Wildman–Crippen LogP) is 2.16. The molecule has 0 aliphatic heterocycles. The number of amides is 2. The number of nitrogens with zero attached hydrogens (tertiary/aromatic N) is 3. The Bertz CT molecular complexity index is 440. The third-order valence-electron chi connectivity index (χ3n) is 3.44. The molecule has 0 radical (unpaired) electrons.